The number of fused-ring (bicyclic) bond motifs is 2. The Balaban J connectivity index is 0.00000190. The molecule has 1 aliphatic heterocycles. The fourth-order valence-corrected chi connectivity index (χ4v) is 4.87. The molecule has 0 spiro atoms. The van der Waals surface area contributed by atoms with Gasteiger partial charge in [0.1, 0.15) is 5.58 Å². The van der Waals surface area contributed by atoms with Gasteiger partial charge in [-0.2, -0.15) is 5.26 Å². The van der Waals surface area contributed by atoms with Crippen LogP contribution < -0.4 is 4.90 Å². The molecule has 9 heteroatoms. The van der Waals surface area contributed by atoms with Gasteiger partial charge in [-0.1, -0.05) is 0 Å². The Morgan fingerprint density at radius 2 is 1.89 bits per heavy atom. The van der Waals surface area contributed by atoms with Crippen molar-refractivity contribution in [3.05, 3.63) is 65.5 Å². The standard InChI is InChI=1S/C28H30N4O3.2ClH/c1-2-34-28(33)27-17-22-16-23(7-9-26(22)35-27)32-13-11-31(12-14-32)10-4-3-5-21-19-30-25-8-6-20(18-29)15-24(21)25;;/h6-9,15-17,19,30H,2-5,10-14H2,1H3;2*1H. The highest BCUT2D eigenvalue weighted by atomic mass is 35.5. The predicted octanol–water partition coefficient (Wildman–Crippen LogP) is 5.95. The Morgan fingerprint density at radius 3 is 2.65 bits per heavy atom. The third-order valence-electron chi connectivity index (χ3n) is 6.78. The molecule has 0 aliphatic carbocycles. The van der Waals surface area contributed by atoms with Crippen LogP contribution in [0.2, 0.25) is 0 Å². The van der Waals surface area contributed by atoms with Crippen molar-refractivity contribution in [1.82, 2.24) is 9.88 Å². The number of carbonyl (C=O) groups excluding carboxylic acids is 1. The first-order chi connectivity index (χ1) is 17.1. The van der Waals surface area contributed by atoms with Gasteiger partial charge in [0.2, 0.25) is 5.76 Å². The van der Waals surface area contributed by atoms with E-state index >= 15 is 0 Å². The summed E-state index contributed by atoms with van der Waals surface area (Å²) in [5.41, 5.74) is 4.96. The van der Waals surface area contributed by atoms with Gasteiger partial charge in [0, 0.05) is 54.4 Å². The molecule has 1 saturated heterocycles. The Kier molecular flexibility index (Phi) is 9.87. The van der Waals surface area contributed by atoms with Crippen molar-refractivity contribution in [3.8, 4) is 6.07 Å². The number of H-pyrrole nitrogens is 1. The number of unbranched alkanes of at least 4 members (excludes halogenated alkanes) is 1. The van der Waals surface area contributed by atoms with Crippen molar-refractivity contribution >= 4 is 58.3 Å². The highest BCUT2D eigenvalue weighted by Crippen LogP contribution is 2.27. The molecule has 2 aromatic heterocycles. The number of hydrogen-bond acceptors (Lipinski definition) is 6. The van der Waals surface area contributed by atoms with Crippen molar-refractivity contribution < 1.29 is 13.9 Å². The average Bonchev–Trinajstić information content (AvgIpc) is 3.50. The number of furan rings is 1. The van der Waals surface area contributed by atoms with E-state index in [2.05, 4.69) is 39.2 Å². The van der Waals surface area contributed by atoms with Gasteiger partial charge < -0.3 is 19.0 Å². The molecule has 0 bridgehead atoms. The molecule has 37 heavy (non-hydrogen) atoms. The second kappa shape index (κ2) is 12.9. The van der Waals surface area contributed by atoms with E-state index in [0.717, 1.165) is 68.6 Å². The van der Waals surface area contributed by atoms with E-state index in [4.69, 9.17) is 9.15 Å². The maximum Gasteiger partial charge on any atom is 0.374 e. The molecule has 2 aromatic carbocycles. The minimum atomic E-state index is -0.421. The Bertz CT molecular complexity index is 1380. The molecule has 0 amide bonds. The van der Waals surface area contributed by atoms with Crippen LogP contribution in [0.15, 0.2) is 53.1 Å². The largest absolute Gasteiger partial charge is 0.460 e. The number of esters is 1. The summed E-state index contributed by atoms with van der Waals surface area (Å²) in [6.07, 6.45) is 5.39. The van der Waals surface area contributed by atoms with E-state index in [1.165, 1.54) is 10.9 Å². The minimum absolute atomic E-state index is 0. The number of carbonyl (C=O) groups is 1. The lowest BCUT2D eigenvalue weighted by Crippen LogP contribution is -2.46. The number of aryl methyl sites for hydroxylation is 1. The number of hydrogen-bond donors (Lipinski definition) is 1. The van der Waals surface area contributed by atoms with Crippen molar-refractivity contribution in [2.75, 3.05) is 44.2 Å². The SMILES string of the molecule is CCOC(=O)c1cc2cc(N3CCN(CCCCc4c[nH]c5ccc(C#N)cc45)CC3)ccc2o1.Cl.Cl. The lowest BCUT2D eigenvalue weighted by atomic mass is 10.1. The molecule has 196 valence electrons. The van der Waals surface area contributed by atoms with Gasteiger partial charge in [0.25, 0.3) is 0 Å². The molecular weight excluding hydrogens is 511 g/mol. The van der Waals surface area contributed by atoms with Crippen molar-refractivity contribution in [2.45, 2.75) is 26.2 Å². The molecule has 1 N–H and O–H groups in total. The first-order valence-corrected chi connectivity index (χ1v) is 12.3. The topological polar surface area (TPSA) is 85.5 Å². The number of rotatable bonds is 8. The van der Waals surface area contributed by atoms with Gasteiger partial charge in [-0.05, 0) is 80.8 Å². The number of piperazine rings is 1. The summed E-state index contributed by atoms with van der Waals surface area (Å²) < 4.78 is 10.7. The van der Waals surface area contributed by atoms with Crippen LogP contribution in [0.5, 0.6) is 0 Å². The number of halogens is 2. The molecule has 1 aliphatic rings. The number of aromatic amines is 1. The molecule has 4 aromatic rings. The Hall–Kier alpha value is -3.18. The molecule has 1 fully saturated rings. The zero-order valence-electron chi connectivity index (χ0n) is 20.9. The number of nitrogens with one attached hydrogen (secondary N) is 1. The first kappa shape index (κ1) is 28.4. The zero-order valence-corrected chi connectivity index (χ0v) is 22.5. The molecule has 7 nitrogen and oxygen atoms in total. The molecule has 0 saturated carbocycles. The number of aromatic nitrogens is 1. The van der Waals surface area contributed by atoms with Crippen LogP contribution in [0, 0.1) is 11.3 Å². The van der Waals surface area contributed by atoms with Crippen LogP contribution in [0.1, 0.15) is 41.4 Å². The summed E-state index contributed by atoms with van der Waals surface area (Å²) in [6, 6.07) is 15.9. The van der Waals surface area contributed by atoms with Crippen LogP contribution in [-0.2, 0) is 11.2 Å². The van der Waals surface area contributed by atoms with Gasteiger partial charge in [-0.15, -0.1) is 24.8 Å². The summed E-state index contributed by atoms with van der Waals surface area (Å²) >= 11 is 0. The summed E-state index contributed by atoms with van der Waals surface area (Å²) in [5.74, 6) is -0.169. The molecule has 3 heterocycles. The lowest BCUT2D eigenvalue weighted by molar-refractivity contribution is 0.0492. The highest BCUT2D eigenvalue weighted by Gasteiger charge is 2.19. The summed E-state index contributed by atoms with van der Waals surface area (Å²) in [5, 5.41) is 11.3. The van der Waals surface area contributed by atoms with Crippen LogP contribution >= 0.6 is 24.8 Å². The highest BCUT2D eigenvalue weighted by molar-refractivity contribution is 5.93. The number of ether oxygens (including phenoxy) is 1. The van der Waals surface area contributed by atoms with Crippen LogP contribution in [0.25, 0.3) is 21.9 Å². The van der Waals surface area contributed by atoms with E-state index in [0.29, 0.717) is 17.8 Å². The maximum atomic E-state index is 12.0. The minimum Gasteiger partial charge on any atom is -0.460 e. The van der Waals surface area contributed by atoms with E-state index < -0.39 is 5.97 Å². The number of nitrogens with zero attached hydrogens (tertiary/aromatic N) is 3. The van der Waals surface area contributed by atoms with Gasteiger partial charge >= 0.3 is 5.97 Å². The third-order valence-corrected chi connectivity index (χ3v) is 6.78. The fourth-order valence-electron chi connectivity index (χ4n) is 4.87. The second-order valence-electron chi connectivity index (χ2n) is 9.03. The fraction of sp³-hybridized carbons (Fsp3) is 0.357. The molecule has 0 atom stereocenters. The van der Waals surface area contributed by atoms with Gasteiger partial charge in [-0.3, -0.25) is 4.90 Å². The monoisotopic (exact) mass is 542 g/mol. The van der Waals surface area contributed by atoms with Crippen LogP contribution in [0.3, 0.4) is 0 Å². The van der Waals surface area contributed by atoms with E-state index in [1.54, 1.807) is 13.0 Å². The summed E-state index contributed by atoms with van der Waals surface area (Å²) in [7, 11) is 0. The normalized spacial score (nSPS) is 13.7. The van der Waals surface area contributed by atoms with E-state index in [-0.39, 0.29) is 30.6 Å². The first-order valence-electron chi connectivity index (χ1n) is 12.3. The molecule has 0 radical (unpaired) electrons. The Morgan fingerprint density at radius 1 is 1.08 bits per heavy atom. The Labute approximate surface area is 229 Å². The van der Waals surface area contributed by atoms with Gasteiger partial charge in [-0.25, -0.2) is 4.79 Å². The number of anilines is 1. The number of benzene rings is 2. The predicted molar refractivity (Wildman–Crippen MR) is 151 cm³/mol. The summed E-state index contributed by atoms with van der Waals surface area (Å²) in [6.45, 7) is 7.25. The molecular formula is C28H32Cl2N4O3. The second-order valence-corrected chi connectivity index (χ2v) is 9.03. The van der Waals surface area contributed by atoms with Crippen LogP contribution in [-0.4, -0.2) is 55.2 Å². The van der Waals surface area contributed by atoms with Gasteiger partial charge in [0.15, 0.2) is 0 Å². The summed E-state index contributed by atoms with van der Waals surface area (Å²) in [4.78, 5) is 20.2. The smallest absolute Gasteiger partial charge is 0.374 e. The maximum absolute atomic E-state index is 12.0. The van der Waals surface area contributed by atoms with Gasteiger partial charge in [0.05, 0.1) is 18.2 Å². The quantitative estimate of drug-likeness (QED) is 0.218. The third kappa shape index (κ3) is 6.40. The van der Waals surface area contributed by atoms with Crippen molar-refractivity contribution in [2.24, 2.45) is 0 Å². The zero-order chi connectivity index (χ0) is 24.2. The average molecular weight is 543 g/mol. The van der Waals surface area contributed by atoms with Crippen molar-refractivity contribution in [3.63, 3.8) is 0 Å². The molecule has 0 unspecified atom stereocenters. The molecule has 5 rings (SSSR count). The van der Waals surface area contributed by atoms with E-state index in [1.807, 2.05) is 24.3 Å². The van der Waals surface area contributed by atoms with Crippen LogP contribution in [0.4, 0.5) is 5.69 Å². The lowest BCUT2D eigenvalue weighted by Gasteiger charge is -2.36. The van der Waals surface area contributed by atoms with E-state index in [9.17, 15) is 10.1 Å². The number of nitriles is 1. The van der Waals surface area contributed by atoms with Crippen molar-refractivity contribution in [1.29, 1.82) is 5.26 Å².